The molecule has 120 valence electrons. The van der Waals surface area contributed by atoms with Crippen LogP contribution in [0.4, 0.5) is 0 Å². The summed E-state index contributed by atoms with van der Waals surface area (Å²) in [5.41, 5.74) is 5.43. The summed E-state index contributed by atoms with van der Waals surface area (Å²) in [6.45, 7) is 6.69. The maximum atomic E-state index is 12.2. The smallest absolute Gasteiger partial charge is 0.224 e. The van der Waals surface area contributed by atoms with Gasteiger partial charge in [0.1, 0.15) is 0 Å². The van der Waals surface area contributed by atoms with E-state index in [-0.39, 0.29) is 11.8 Å². The Morgan fingerprint density at radius 1 is 1.22 bits per heavy atom. The van der Waals surface area contributed by atoms with E-state index in [2.05, 4.69) is 48.5 Å². The fourth-order valence-electron chi connectivity index (χ4n) is 3.12. The fourth-order valence-corrected chi connectivity index (χ4v) is 3.12. The van der Waals surface area contributed by atoms with E-state index < -0.39 is 0 Å². The first-order chi connectivity index (χ1) is 11.1. The maximum absolute atomic E-state index is 12.2. The van der Waals surface area contributed by atoms with Crippen LogP contribution in [0.15, 0.2) is 36.4 Å². The van der Waals surface area contributed by atoms with Crippen molar-refractivity contribution in [1.29, 1.82) is 0 Å². The third-order valence-electron chi connectivity index (χ3n) is 4.60. The quantitative estimate of drug-likeness (QED) is 0.880. The molecule has 4 heteroatoms. The second-order valence-electron chi connectivity index (χ2n) is 6.21. The highest BCUT2D eigenvalue weighted by atomic mass is 16.1. The van der Waals surface area contributed by atoms with Gasteiger partial charge in [-0.25, -0.2) is 4.68 Å². The van der Waals surface area contributed by atoms with Gasteiger partial charge in [-0.15, -0.1) is 0 Å². The number of hydrogen-bond donors (Lipinski definition) is 1. The Kier molecular flexibility index (Phi) is 4.33. The van der Waals surface area contributed by atoms with E-state index in [0.717, 1.165) is 35.5 Å². The van der Waals surface area contributed by atoms with Crippen LogP contribution in [0.25, 0.3) is 5.69 Å². The molecule has 0 atom stereocenters. The van der Waals surface area contributed by atoms with Gasteiger partial charge in [-0.3, -0.25) is 4.79 Å². The van der Waals surface area contributed by atoms with Gasteiger partial charge >= 0.3 is 0 Å². The van der Waals surface area contributed by atoms with Gasteiger partial charge < -0.3 is 5.32 Å². The molecule has 0 spiro atoms. The predicted molar refractivity (Wildman–Crippen MR) is 91.5 cm³/mol. The number of para-hydroxylation sites is 1. The summed E-state index contributed by atoms with van der Waals surface area (Å²) < 4.78 is 1.98. The number of aryl methyl sites for hydroxylation is 2. The summed E-state index contributed by atoms with van der Waals surface area (Å²) in [6.07, 6.45) is 5.87. The van der Waals surface area contributed by atoms with Crippen molar-refractivity contribution in [2.24, 2.45) is 5.92 Å². The lowest BCUT2D eigenvalue weighted by Crippen LogP contribution is -2.29. The molecule has 0 unspecified atom stereocenters. The van der Waals surface area contributed by atoms with E-state index in [1.54, 1.807) is 0 Å². The third-order valence-corrected chi connectivity index (χ3v) is 4.60. The third kappa shape index (κ3) is 3.07. The molecule has 1 heterocycles. The Morgan fingerprint density at radius 3 is 2.61 bits per heavy atom. The van der Waals surface area contributed by atoms with Crippen molar-refractivity contribution in [3.05, 3.63) is 58.9 Å². The van der Waals surface area contributed by atoms with Crippen LogP contribution >= 0.6 is 0 Å². The molecular formula is C19H23N3O. The van der Waals surface area contributed by atoms with E-state index in [4.69, 9.17) is 0 Å². The van der Waals surface area contributed by atoms with Crippen LogP contribution in [0.5, 0.6) is 0 Å². The molecule has 1 aliphatic rings. The van der Waals surface area contributed by atoms with Gasteiger partial charge in [0.15, 0.2) is 0 Å². The molecule has 0 fully saturated rings. The van der Waals surface area contributed by atoms with Crippen molar-refractivity contribution in [1.82, 2.24) is 15.1 Å². The molecule has 1 amide bonds. The molecule has 0 radical (unpaired) electrons. The molecule has 4 nitrogen and oxygen atoms in total. The number of hydrogen-bond acceptors (Lipinski definition) is 2. The standard InChI is InChI=1S/C19H23N3O/c1-13-8-4-7-11-18(13)22-15(3)17(14(2)21-22)12-20-19(23)16-9-5-6-10-16/h4-8,11,16H,9-10,12H2,1-3H3,(H,20,23). The molecule has 0 bridgehead atoms. The largest absolute Gasteiger partial charge is 0.352 e. The van der Waals surface area contributed by atoms with Crippen LogP contribution in [0.3, 0.4) is 0 Å². The second kappa shape index (κ2) is 6.41. The van der Waals surface area contributed by atoms with E-state index in [0.29, 0.717) is 6.54 Å². The lowest BCUT2D eigenvalue weighted by Gasteiger charge is -2.11. The van der Waals surface area contributed by atoms with Crippen molar-refractivity contribution in [2.45, 2.75) is 40.2 Å². The van der Waals surface area contributed by atoms with Crippen LogP contribution in [0, 0.1) is 26.7 Å². The minimum Gasteiger partial charge on any atom is -0.352 e. The number of nitrogens with zero attached hydrogens (tertiary/aromatic N) is 2. The molecule has 0 saturated heterocycles. The number of nitrogens with one attached hydrogen (secondary N) is 1. The number of aromatic nitrogens is 2. The molecular weight excluding hydrogens is 286 g/mol. The molecule has 2 aromatic rings. The van der Waals surface area contributed by atoms with E-state index in [1.807, 2.05) is 23.7 Å². The van der Waals surface area contributed by atoms with Crippen molar-refractivity contribution in [2.75, 3.05) is 0 Å². The minimum atomic E-state index is 0.0991. The number of allylic oxidation sites excluding steroid dienone is 2. The number of benzene rings is 1. The highest BCUT2D eigenvalue weighted by molar-refractivity contribution is 5.79. The zero-order chi connectivity index (χ0) is 16.4. The second-order valence-corrected chi connectivity index (χ2v) is 6.21. The summed E-state index contributed by atoms with van der Waals surface area (Å²) in [6, 6.07) is 8.20. The first kappa shape index (κ1) is 15.5. The van der Waals surface area contributed by atoms with Crippen LogP contribution in [0.2, 0.25) is 0 Å². The Bertz CT molecular complexity index is 750. The number of amides is 1. The topological polar surface area (TPSA) is 46.9 Å². The van der Waals surface area contributed by atoms with Gasteiger partial charge in [0, 0.05) is 23.7 Å². The lowest BCUT2D eigenvalue weighted by atomic mass is 10.1. The van der Waals surface area contributed by atoms with Crippen molar-refractivity contribution in [3.63, 3.8) is 0 Å². The van der Waals surface area contributed by atoms with Crippen molar-refractivity contribution < 1.29 is 4.79 Å². The van der Waals surface area contributed by atoms with Crippen LogP contribution in [-0.2, 0) is 11.3 Å². The average molecular weight is 309 g/mol. The molecule has 0 aliphatic heterocycles. The normalized spacial score (nSPS) is 14.4. The summed E-state index contributed by atoms with van der Waals surface area (Å²) >= 11 is 0. The van der Waals surface area contributed by atoms with E-state index >= 15 is 0 Å². The number of carbonyl (C=O) groups is 1. The highest BCUT2D eigenvalue weighted by Gasteiger charge is 2.20. The van der Waals surface area contributed by atoms with Gasteiger partial charge in [0.2, 0.25) is 5.91 Å². The Hall–Kier alpha value is -2.36. The van der Waals surface area contributed by atoms with Crippen molar-refractivity contribution >= 4 is 5.91 Å². The fraction of sp³-hybridized carbons (Fsp3) is 0.368. The van der Waals surface area contributed by atoms with E-state index in [9.17, 15) is 4.79 Å². The Balaban J connectivity index is 1.78. The maximum Gasteiger partial charge on any atom is 0.224 e. The van der Waals surface area contributed by atoms with Gasteiger partial charge in [-0.05, 0) is 45.2 Å². The molecule has 1 N–H and O–H groups in total. The Labute approximate surface area is 137 Å². The monoisotopic (exact) mass is 309 g/mol. The van der Waals surface area contributed by atoms with Crippen LogP contribution in [0.1, 0.15) is 35.4 Å². The minimum absolute atomic E-state index is 0.0991. The van der Waals surface area contributed by atoms with Crippen molar-refractivity contribution in [3.8, 4) is 5.69 Å². The Morgan fingerprint density at radius 2 is 1.91 bits per heavy atom. The molecule has 23 heavy (non-hydrogen) atoms. The van der Waals surface area contributed by atoms with Crippen LogP contribution in [-0.4, -0.2) is 15.7 Å². The summed E-state index contributed by atoms with van der Waals surface area (Å²) in [4.78, 5) is 12.2. The summed E-state index contributed by atoms with van der Waals surface area (Å²) in [5.74, 6) is 0.236. The zero-order valence-corrected chi connectivity index (χ0v) is 14.0. The zero-order valence-electron chi connectivity index (χ0n) is 14.0. The van der Waals surface area contributed by atoms with E-state index in [1.165, 1.54) is 5.56 Å². The van der Waals surface area contributed by atoms with Gasteiger partial charge in [-0.2, -0.15) is 5.10 Å². The molecule has 1 aromatic heterocycles. The first-order valence-corrected chi connectivity index (χ1v) is 8.11. The van der Waals surface area contributed by atoms with Gasteiger partial charge in [-0.1, -0.05) is 30.4 Å². The van der Waals surface area contributed by atoms with Gasteiger partial charge in [0.05, 0.1) is 11.4 Å². The molecule has 0 saturated carbocycles. The number of rotatable bonds is 4. The SMILES string of the molecule is Cc1ccccc1-n1nc(C)c(CNC(=O)C2CC=CC2)c1C. The molecule has 1 aliphatic carbocycles. The summed E-state index contributed by atoms with van der Waals surface area (Å²) in [7, 11) is 0. The predicted octanol–water partition coefficient (Wildman–Crippen LogP) is 3.38. The average Bonchev–Trinajstić information content (AvgIpc) is 3.15. The molecule has 3 rings (SSSR count). The molecule has 1 aromatic carbocycles. The highest BCUT2D eigenvalue weighted by Crippen LogP contribution is 2.21. The van der Waals surface area contributed by atoms with Gasteiger partial charge in [0.25, 0.3) is 0 Å². The summed E-state index contributed by atoms with van der Waals surface area (Å²) in [5, 5.41) is 7.74. The number of carbonyl (C=O) groups excluding carboxylic acids is 1. The lowest BCUT2D eigenvalue weighted by molar-refractivity contribution is -0.124. The first-order valence-electron chi connectivity index (χ1n) is 8.11. The van der Waals surface area contributed by atoms with Crippen LogP contribution < -0.4 is 5.32 Å².